The van der Waals surface area contributed by atoms with Gasteiger partial charge >= 0.3 is 0 Å². The number of hydrogen-bond acceptors (Lipinski definition) is 0. The first-order chi connectivity index (χ1) is 6.42. The quantitative estimate of drug-likeness (QED) is 0.494. The van der Waals surface area contributed by atoms with Gasteiger partial charge in [0.05, 0.1) is 0 Å². The van der Waals surface area contributed by atoms with Crippen LogP contribution < -0.4 is 0 Å². The number of rotatable bonds is 2. The average molecular weight is 190 g/mol. The van der Waals surface area contributed by atoms with Crippen molar-refractivity contribution < 1.29 is 0 Å². The molecule has 0 fully saturated rings. The molecule has 13 heavy (non-hydrogen) atoms. The predicted octanol–water partition coefficient (Wildman–Crippen LogP) is 3.39. The van der Waals surface area contributed by atoms with Crippen LogP contribution in [0.2, 0.25) is 0 Å². The highest BCUT2D eigenvalue weighted by atomic mass is 35.5. The van der Waals surface area contributed by atoms with Gasteiger partial charge in [0, 0.05) is 11.8 Å². The van der Waals surface area contributed by atoms with E-state index in [1.165, 1.54) is 11.1 Å². The maximum absolute atomic E-state index is 5.59. The SMILES string of the molecule is ClCC=CC1C=Cc2c[c]ccc21. The molecule has 1 unspecified atom stereocenters. The number of alkyl halides is 1. The minimum absolute atomic E-state index is 0.406. The van der Waals surface area contributed by atoms with Crippen LogP contribution in [-0.2, 0) is 0 Å². The highest BCUT2D eigenvalue weighted by Crippen LogP contribution is 2.30. The highest BCUT2D eigenvalue weighted by Gasteiger charge is 2.12. The molecular weight excluding hydrogens is 180 g/mol. The van der Waals surface area contributed by atoms with Crippen molar-refractivity contribution in [2.24, 2.45) is 0 Å². The zero-order valence-electron chi connectivity index (χ0n) is 7.20. The Labute approximate surface area is 83.5 Å². The molecule has 0 spiro atoms. The fourth-order valence-corrected chi connectivity index (χ4v) is 1.68. The average Bonchev–Trinajstić information content (AvgIpc) is 2.58. The molecule has 0 bridgehead atoms. The Morgan fingerprint density at radius 1 is 1.54 bits per heavy atom. The summed E-state index contributed by atoms with van der Waals surface area (Å²) in [5.74, 6) is 0.988. The molecule has 0 heterocycles. The predicted molar refractivity (Wildman–Crippen MR) is 56.9 cm³/mol. The number of hydrogen-bond donors (Lipinski definition) is 0. The first kappa shape index (κ1) is 8.58. The van der Waals surface area contributed by atoms with Crippen molar-refractivity contribution in [1.29, 1.82) is 0 Å². The second-order valence-electron chi connectivity index (χ2n) is 3.02. The van der Waals surface area contributed by atoms with Crippen molar-refractivity contribution in [3.05, 3.63) is 53.6 Å². The maximum atomic E-state index is 5.59. The van der Waals surface area contributed by atoms with Crippen LogP contribution in [-0.4, -0.2) is 5.88 Å². The number of allylic oxidation sites excluding steroid dienone is 3. The molecule has 65 valence electrons. The van der Waals surface area contributed by atoms with Gasteiger partial charge in [-0.1, -0.05) is 36.4 Å². The van der Waals surface area contributed by atoms with Gasteiger partial charge in [0.15, 0.2) is 0 Å². The molecule has 0 amide bonds. The summed E-state index contributed by atoms with van der Waals surface area (Å²) < 4.78 is 0. The molecule has 1 aliphatic rings. The topological polar surface area (TPSA) is 0 Å². The van der Waals surface area contributed by atoms with E-state index in [0.717, 1.165) is 0 Å². The van der Waals surface area contributed by atoms with Crippen molar-refractivity contribution in [2.75, 3.05) is 5.88 Å². The Hall–Kier alpha value is -1.01. The lowest BCUT2D eigenvalue weighted by molar-refractivity contribution is 1.11. The molecule has 1 atom stereocenters. The lowest BCUT2D eigenvalue weighted by atomic mass is 10.0. The smallest absolute Gasteiger partial charge is 0.0404 e. The van der Waals surface area contributed by atoms with Gasteiger partial charge in [-0.05, 0) is 23.3 Å². The summed E-state index contributed by atoms with van der Waals surface area (Å²) in [4.78, 5) is 0. The standard InChI is InChI=1S/C12H10Cl/c13-9-3-5-11-8-7-10-4-1-2-6-12(10)11/h2-8,11H,9H2. The Kier molecular flexibility index (Phi) is 2.51. The van der Waals surface area contributed by atoms with E-state index in [9.17, 15) is 0 Å². The van der Waals surface area contributed by atoms with Crippen LogP contribution in [0.3, 0.4) is 0 Å². The normalized spacial score (nSPS) is 19.6. The third-order valence-corrected chi connectivity index (χ3v) is 2.38. The fraction of sp³-hybridized carbons (Fsp3) is 0.167. The Morgan fingerprint density at radius 3 is 3.31 bits per heavy atom. The second-order valence-corrected chi connectivity index (χ2v) is 3.33. The van der Waals surface area contributed by atoms with Crippen LogP contribution in [0.4, 0.5) is 0 Å². The van der Waals surface area contributed by atoms with Crippen molar-refractivity contribution in [1.82, 2.24) is 0 Å². The van der Waals surface area contributed by atoms with Gasteiger partial charge in [-0.2, -0.15) is 0 Å². The summed E-state index contributed by atoms with van der Waals surface area (Å²) in [6.45, 7) is 0. The van der Waals surface area contributed by atoms with Gasteiger partial charge < -0.3 is 0 Å². The van der Waals surface area contributed by atoms with Gasteiger partial charge in [0.1, 0.15) is 0 Å². The summed E-state index contributed by atoms with van der Waals surface area (Å²) in [5.41, 5.74) is 2.62. The summed E-state index contributed by atoms with van der Waals surface area (Å²) in [6, 6.07) is 9.14. The van der Waals surface area contributed by atoms with Crippen LogP contribution in [0.5, 0.6) is 0 Å². The largest absolute Gasteiger partial charge is 0.122 e. The summed E-state index contributed by atoms with van der Waals surface area (Å²) in [6.07, 6.45) is 8.44. The Morgan fingerprint density at radius 2 is 2.46 bits per heavy atom. The zero-order valence-corrected chi connectivity index (χ0v) is 7.96. The Balaban J connectivity index is 2.28. The van der Waals surface area contributed by atoms with E-state index in [4.69, 9.17) is 11.6 Å². The Bertz CT molecular complexity index is 350. The van der Waals surface area contributed by atoms with Crippen LogP contribution in [0.15, 0.2) is 36.4 Å². The fourth-order valence-electron chi connectivity index (χ4n) is 1.58. The van der Waals surface area contributed by atoms with Crippen LogP contribution in [0.1, 0.15) is 17.0 Å². The van der Waals surface area contributed by atoms with E-state index in [2.05, 4.69) is 30.4 Å². The zero-order chi connectivity index (χ0) is 9.10. The molecule has 0 aliphatic heterocycles. The van der Waals surface area contributed by atoms with E-state index < -0.39 is 0 Å². The molecule has 0 N–H and O–H groups in total. The van der Waals surface area contributed by atoms with Gasteiger partial charge in [0.25, 0.3) is 0 Å². The lowest BCUT2D eigenvalue weighted by Crippen LogP contribution is -1.88. The van der Waals surface area contributed by atoms with E-state index >= 15 is 0 Å². The van der Waals surface area contributed by atoms with Crippen LogP contribution in [0, 0.1) is 6.07 Å². The molecule has 2 rings (SSSR count). The van der Waals surface area contributed by atoms with E-state index in [1.807, 2.05) is 18.2 Å². The van der Waals surface area contributed by atoms with Crippen LogP contribution >= 0.6 is 11.6 Å². The van der Waals surface area contributed by atoms with Gasteiger partial charge in [-0.3, -0.25) is 0 Å². The van der Waals surface area contributed by atoms with Crippen molar-refractivity contribution >= 4 is 17.7 Å². The van der Waals surface area contributed by atoms with E-state index in [0.29, 0.717) is 11.8 Å². The second kappa shape index (κ2) is 3.80. The number of halogens is 1. The molecule has 1 aliphatic carbocycles. The molecule has 0 aromatic heterocycles. The summed E-state index contributed by atoms with van der Waals surface area (Å²) in [5, 5.41) is 0. The van der Waals surface area contributed by atoms with Crippen molar-refractivity contribution in [3.63, 3.8) is 0 Å². The lowest BCUT2D eigenvalue weighted by Gasteiger charge is -2.04. The molecule has 1 radical (unpaired) electrons. The molecule has 1 heteroatoms. The van der Waals surface area contributed by atoms with Crippen LogP contribution in [0.25, 0.3) is 6.08 Å². The third kappa shape index (κ3) is 1.68. The monoisotopic (exact) mass is 189 g/mol. The van der Waals surface area contributed by atoms with Gasteiger partial charge in [-0.25, -0.2) is 0 Å². The first-order valence-electron chi connectivity index (χ1n) is 4.32. The molecule has 0 saturated heterocycles. The maximum Gasteiger partial charge on any atom is 0.0404 e. The van der Waals surface area contributed by atoms with E-state index in [1.54, 1.807) is 0 Å². The first-order valence-corrected chi connectivity index (χ1v) is 4.86. The molecule has 1 aromatic carbocycles. The van der Waals surface area contributed by atoms with E-state index in [-0.39, 0.29) is 0 Å². The molecule has 0 saturated carbocycles. The van der Waals surface area contributed by atoms with Crippen molar-refractivity contribution in [2.45, 2.75) is 5.92 Å². The number of fused-ring (bicyclic) bond motifs is 1. The molecular formula is C12H10Cl. The minimum Gasteiger partial charge on any atom is -0.122 e. The van der Waals surface area contributed by atoms with Gasteiger partial charge in [0.2, 0.25) is 0 Å². The highest BCUT2D eigenvalue weighted by molar-refractivity contribution is 6.18. The third-order valence-electron chi connectivity index (χ3n) is 2.21. The molecule has 1 aromatic rings. The molecule has 0 nitrogen and oxygen atoms in total. The van der Waals surface area contributed by atoms with Crippen molar-refractivity contribution in [3.8, 4) is 0 Å². The number of benzene rings is 1. The summed E-state index contributed by atoms with van der Waals surface area (Å²) in [7, 11) is 0. The minimum atomic E-state index is 0.406. The van der Waals surface area contributed by atoms with Gasteiger partial charge in [-0.15, -0.1) is 11.6 Å². The summed E-state index contributed by atoms with van der Waals surface area (Å²) >= 11 is 5.59.